The highest BCUT2D eigenvalue weighted by Gasteiger charge is 2.39. The normalized spacial score (nSPS) is 11.5. The van der Waals surface area contributed by atoms with E-state index in [2.05, 4.69) is 9.84 Å². The first kappa shape index (κ1) is 11.5. The lowest BCUT2D eigenvalue weighted by atomic mass is 10.2. The van der Waals surface area contributed by atoms with E-state index < -0.39 is 23.4 Å². The molecule has 84 valence electrons. The van der Waals surface area contributed by atoms with Gasteiger partial charge in [-0.05, 0) is 13.8 Å². The number of H-pyrrole nitrogens is 1. The zero-order valence-corrected chi connectivity index (χ0v) is 8.10. The van der Waals surface area contributed by atoms with Crippen molar-refractivity contribution in [2.24, 2.45) is 0 Å². The Hall–Kier alpha value is -1.53. The monoisotopic (exact) mass is 222 g/mol. The predicted molar refractivity (Wildman–Crippen MR) is 44.3 cm³/mol. The van der Waals surface area contributed by atoms with Gasteiger partial charge in [-0.2, -0.15) is 18.3 Å². The fourth-order valence-electron chi connectivity index (χ4n) is 1.09. The van der Waals surface area contributed by atoms with E-state index in [0.717, 1.165) is 0 Å². The molecule has 1 rings (SSSR count). The number of halogens is 3. The lowest BCUT2D eigenvalue weighted by molar-refractivity contribution is -0.141. The molecule has 1 aromatic heterocycles. The molecule has 0 saturated carbocycles. The number of hydrogen-bond acceptors (Lipinski definition) is 3. The highest BCUT2D eigenvalue weighted by atomic mass is 19.4. The Labute approximate surface area is 83.4 Å². The zero-order chi connectivity index (χ0) is 11.6. The van der Waals surface area contributed by atoms with Crippen molar-refractivity contribution in [2.75, 3.05) is 6.61 Å². The quantitative estimate of drug-likeness (QED) is 0.777. The number of nitrogens with zero attached hydrogens (tertiary/aromatic N) is 1. The number of hydrogen-bond donors (Lipinski definition) is 1. The minimum absolute atomic E-state index is 0.0146. The lowest BCUT2D eigenvalue weighted by Crippen LogP contribution is -2.14. The molecule has 15 heavy (non-hydrogen) atoms. The van der Waals surface area contributed by atoms with E-state index in [9.17, 15) is 18.0 Å². The van der Waals surface area contributed by atoms with Gasteiger partial charge in [-0.25, -0.2) is 4.79 Å². The number of esters is 1. The van der Waals surface area contributed by atoms with Gasteiger partial charge in [0.25, 0.3) is 0 Å². The summed E-state index contributed by atoms with van der Waals surface area (Å²) in [5.41, 5.74) is -1.75. The molecule has 0 aliphatic carbocycles. The number of aryl methyl sites for hydroxylation is 1. The summed E-state index contributed by atoms with van der Waals surface area (Å²) in [5, 5.41) is 5.12. The van der Waals surface area contributed by atoms with E-state index in [1.54, 1.807) is 5.10 Å². The summed E-state index contributed by atoms with van der Waals surface area (Å²) in [6, 6.07) is 0. The van der Waals surface area contributed by atoms with Crippen molar-refractivity contribution < 1.29 is 22.7 Å². The maximum Gasteiger partial charge on any atom is 0.433 e. The third-order valence-electron chi connectivity index (χ3n) is 1.71. The minimum atomic E-state index is -4.64. The fourth-order valence-corrected chi connectivity index (χ4v) is 1.09. The van der Waals surface area contributed by atoms with E-state index >= 15 is 0 Å². The first-order chi connectivity index (χ1) is 6.88. The number of alkyl halides is 3. The van der Waals surface area contributed by atoms with Crippen molar-refractivity contribution in [2.45, 2.75) is 20.0 Å². The second-order valence-corrected chi connectivity index (χ2v) is 2.78. The summed E-state index contributed by atoms with van der Waals surface area (Å²) in [7, 11) is 0. The number of carbonyl (C=O) groups is 1. The number of aromatic amines is 1. The van der Waals surface area contributed by atoms with Crippen molar-refractivity contribution in [3.8, 4) is 0 Å². The molecule has 7 heteroatoms. The summed E-state index contributed by atoms with van der Waals surface area (Å²) < 4.78 is 41.7. The largest absolute Gasteiger partial charge is 0.462 e. The van der Waals surface area contributed by atoms with E-state index in [1.165, 1.54) is 13.8 Å². The van der Waals surface area contributed by atoms with Crippen LogP contribution in [0.1, 0.15) is 28.7 Å². The summed E-state index contributed by atoms with van der Waals surface area (Å²) in [5.74, 6) is -1.02. The molecule has 1 heterocycles. The third-order valence-corrected chi connectivity index (χ3v) is 1.71. The van der Waals surface area contributed by atoms with Crippen LogP contribution < -0.4 is 0 Å². The summed E-state index contributed by atoms with van der Waals surface area (Å²) in [6.07, 6.45) is -4.64. The topological polar surface area (TPSA) is 55.0 Å². The number of ether oxygens (including phenoxy) is 1. The first-order valence-corrected chi connectivity index (χ1v) is 4.17. The van der Waals surface area contributed by atoms with E-state index in [4.69, 9.17) is 0 Å². The van der Waals surface area contributed by atoms with Crippen LogP contribution in [0.4, 0.5) is 13.2 Å². The first-order valence-electron chi connectivity index (χ1n) is 4.17. The Morgan fingerprint density at radius 2 is 2.13 bits per heavy atom. The molecular weight excluding hydrogens is 213 g/mol. The predicted octanol–water partition coefficient (Wildman–Crippen LogP) is 1.91. The highest BCUT2D eigenvalue weighted by Crippen LogP contribution is 2.31. The molecule has 1 aromatic rings. The van der Waals surface area contributed by atoms with Gasteiger partial charge < -0.3 is 4.74 Å². The molecule has 0 aliphatic heterocycles. The molecular formula is C8H9F3N2O2. The molecule has 0 spiro atoms. The summed E-state index contributed by atoms with van der Waals surface area (Å²) in [4.78, 5) is 11.2. The molecule has 0 fully saturated rings. The molecule has 0 saturated heterocycles. The minimum Gasteiger partial charge on any atom is -0.462 e. The van der Waals surface area contributed by atoms with Crippen molar-refractivity contribution in [1.29, 1.82) is 0 Å². The molecule has 0 amide bonds. The van der Waals surface area contributed by atoms with Gasteiger partial charge in [0.15, 0.2) is 5.69 Å². The average Bonchev–Trinajstić information content (AvgIpc) is 2.46. The SMILES string of the molecule is CCOC(=O)c1c(C)n[nH]c1C(F)(F)F. The Morgan fingerprint density at radius 1 is 1.53 bits per heavy atom. The maximum atomic E-state index is 12.4. The van der Waals surface area contributed by atoms with Crippen molar-refractivity contribution in [3.63, 3.8) is 0 Å². The van der Waals surface area contributed by atoms with Crippen molar-refractivity contribution >= 4 is 5.97 Å². The van der Waals surface area contributed by atoms with Gasteiger partial charge in [0.05, 0.1) is 12.3 Å². The van der Waals surface area contributed by atoms with Crippen molar-refractivity contribution in [3.05, 3.63) is 17.0 Å². The number of nitrogens with one attached hydrogen (secondary N) is 1. The van der Waals surface area contributed by atoms with Gasteiger partial charge in [0, 0.05) is 0 Å². The number of aromatic nitrogens is 2. The van der Waals surface area contributed by atoms with Crippen LogP contribution in [0, 0.1) is 6.92 Å². The lowest BCUT2D eigenvalue weighted by Gasteiger charge is -2.06. The molecule has 0 aliphatic rings. The van der Waals surface area contributed by atoms with Gasteiger partial charge in [0.2, 0.25) is 0 Å². The van der Waals surface area contributed by atoms with Gasteiger partial charge in [0.1, 0.15) is 5.56 Å². The van der Waals surface area contributed by atoms with Gasteiger partial charge >= 0.3 is 12.1 Å². The molecule has 1 N–H and O–H groups in total. The van der Waals surface area contributed by atoms with Gasteiger partial charge in [-0.1, -0.05) is 0 Å². The van der Waals surface area contributed by atoms with Gasteiger partial charge in [-0.15, -0.1) is 0 Å². The van der Waals surface area contributed by atoms with E-state index in [1.807, 2.05) is 0 Å². The molecule has 0 atom stereocenters. The van der Waals surface area contributed by atoms with Crippen molar-refractivity contribution in [1.82, 2.24) is 10.2 Å². The van der Waals surface area contributed by atoms with Crippen LogP contribution in [0.15, 0.2) is 0 Å². The molecule has 0 radical (unpaired) electrons. The smallest absolute Gasteiger partial charge is 0.433 e. The molecule has 0 aromatic carbocycles. The maximum absolute atomic E-state index is 12.4. The fraction of sp³-hybridized carbons (Fsp3) is 0.500. The molecule has 4 nitrogen and oxygen atoms in total. The summed E-state index contributed by atoms with van der Waals surface area (Å²) in [6.45, 7) is 2.83. The van der Waals surface area contributed by atoms with E-state index in [-0.39, 0.29) is 12.3 Å². The second-order valence-electron chi connectivity index (χ2n) is 2.78. The van der Waals surface area contributed by atoms with Crippen LogP contribution in [0.3, 0.4) is 0 Å². The Bertz CT molecular complexity index is 370. The van der Waals surface area contributed by atoms with Crippen LogP contribution in [-0.2, 0) is 10.9 Å². The number of carbonyl (C=O) groups excluding carboxylic acids is 1. The molecule has 0 unspecified atom stereocenters. The van der Waals surface area contributed by atoms with Crippen LogP contribution in [-0.4, -0.2) is 22.8 Å². The Kier molecular flexibility index (Phi) is 3.01. The van der Waals surface area contributed by atoms with E-state index in [0.29, 0.717) is 0 Å². The number of rotatable bonds is 2. The van der Waals surface area contributed by atoms with Crippen LogP contribution in [0.25, 0.3) is 0 Å². The second kappa shape index (κ2) is 3.92. The highest BCUT2D eigenvalue weighted by molar-refractivity contribution is 5.92. The van der Waals surface area contributed by atoms with Gasteiger partial charge in [-0.3, -0.25) is 5.10 Å². The average molecular weight is 222 g/mol. The Morgan fingerprint density at radius 3 is 2.60 bits per heavy atom. The zero-order valence-electron chi connectivity index (χ0n) is 8.10. The molecule has 0 bridgehead atoms. The summed E-state index contributed by atoms with van der Waals surface area (Å²) >= 11 is 0. The van der Waals surface area contributed by atoms with Crippen LogP contribution in [0.2, 0.25) is 0 Å². The standard InChI is InChI=1S/C8H9F3N2O2/c1-3-15-7(14)5-4(2)12-13-6(5)8(9,10)11/h3H2,1-2H3,(H,12,13). The van der Waals surface area contributed by atoms with Crippen LogP contribution in [0.5, 0.6) is 0 Å². The third kappa shape index (κ3) is 2.28. The van der Waals surface area contributed by atoms with Crippen LogP contribution >= 0.6 is 0 Å². The Balaban J connectivity index is 3.16.